The van der Waals surface area contributed by atoms with Crippen LogP contribution in [-0.4, -0.2) is 24.6 Å². The molecule has 0 radical (unpaired) electrons. The summed E-state index contributed by atoms with van der Waals surface area (Å²) >= 11 is 2.10. The van der Waals surface area contributed by atoms with Gasteiger partial charge in [0.1, 0.15) is 0 Å². The molecule has 1 N–H and O–H groups in total. The zero-order valence-electron chi connectivity index (χ0n) is 9.60. The molecule has 0 saturated heterocycles. The SMILES string of the molecule is CNC(C)CCCCSCC(C)C. The van der Waals surface area contributed by atoms with Crippen LogP contribution in [0.4, 0.5) is 0 Å². The summed E-state index contributed by atoms with van der Waals surface area (Å²) in [5, 5.41) is 3.27. The lowest BCUT2D eigenvalue weighted by atomic mass is 10.1. The van der Waals surface area contributed by atoms with Crippen LogP contribution in [0.15, 0.2) is 0 Å². The van der Waals surface area contributed by atoms with E-state index < -0.39 is 0 Å². The smallest absolute Gasteiger partial charge is 0.00357 e. The van der Waals surface area contributed by atoms with Crippen molar-refractivity contribution >= 4 is 11.8 Å². The largest absolute Gasteiger partial charge is 0.317 e. The Kier molecular flexibility index (Phi) is 9.10. The maximum Gasteiger partial charge on any atom is 0.00357 e. The third-order valence-electron chi connectivity index (χ3n) is 2.12. The number of thioether (sulfide) groups is 1. The minimum atomic E-state index is 0.690. The Bertz CT molecular complexity index is 104. The molecule has 0 aliphatic rings. The van der Waals surface area contributed by atoms with E-state index >= 15 is 0 Å². The highest BCUT2D eigenvalue weighted by Crippen LogP contribution is 2.11. The minimum Gasteiger partial charge on any atom is -0.317 e. The summed E-state index contributed by atoms with van der Waals surface area (Å²) in [7, 11) is 2.04. The zero-order chi connectivity index (χ0) is 10.1. The summed E-state index contributed by atoms with van der Waals surface area (Å²) in [6, 6.07) is 0.690. The zero-order valence-corrected chi connectivity index (χ0v) is 10.4. The van der Waals surface area contributed by atoms with Gasteiger partial charge in [-0.05, 0) is 44.2 Å². The van der Waals surface area contributed by atoms with Crippen LogP contribution in [0.2, 0.25) is 0 Å². The first-order chi connectivity index (χ1) is 6.16. The van der Waals surface area contributed by atoms with Gasteiger partial charge >= 0.3 is 0 Å². The molecule has 0 aliphatic heterocycles. The monoisotopic (exact) mass is 203 g/mol. The highest BCUT2D eigenvalue weighted by atomic mass is 32.2. The first-order valence-electron chi connectivity index (χ1n) is 5.41. The van der Waals surface area contributed by atoms with E-state index in [4.69, 9.17) is 0 Å². The van der Waals surface area contributed by atoms with Crippen molar-refractivity contribution in [2.24, 2.45) is 5.92 Å². The van der Waals surface area contributed by atoms with E-state index in [0.29, 0.717) is 6.04 Å². The molecule has 0 spiro atoms. The van der Waals surface area contributed by atoms with Crippen LogP contribution >= 0.6 is 11.8 Å². The normalized spacial score (nSPS) is 13.6. The molecule has 1 nitrogen and oxygen atoms in total. The number of nitrogens with one attached hydrogen (secondary N) is 1. The molecule has 0 aromatic carbocycles. The first-order valence-corrected chi connectivity index (χ1v) is 6.57. The Hall–Kier alpha value is 0.310. The molecular formula is C11H25NS. The molecule has 1 atom stereocenters. The van der Waals surface area contributed by atoms with E-state index in [9.17, 15) is 0 Å². The lowest BCUT2D eigenvalue weighted by molar-refractivity contribution is 0.538. The maximum atomic E-state index is 3.27. The standard InChI is InChI=1S/C11H25NS/c1-10(2)9-13-8-6-5-7-11(3)12-4/h10-12H,5-9H2,1-4H3. The molecule has 1 unspecified atom stereocenters. The summed E-state index contributed by atoms with van der Waals surface area (Å²) in [5.74, 6) is 3.51. The summed E-state index contributed by atoms with van der Waals surface area (Å²) in [4.78, 5) is 0. The van der Waals surface area contributed by atoms with E-state index in [1.54, 1.807) is 0 Å². The Morgan fingerprint density at radius 2 is 1.85 bits per heavy atom. The van der Waals surface area contributed by atoms with Crippen molar-refractivity contribution in [3.63, 3.8) is 0 Å². The van der Waals surface area contributed by atoms with Crippen molar-refractivity contribution in [1.82, 2.24) is 5.32 Å². The second-order valence-electron chi connectivity index (χ2n) is 4.15. The molecule has 13 heavy (non-hydrogen) atoms. The van der Waals surface area contributed by atoms with Crippen molar-refractivity contribution < 1.29 is 0 Å². The Morgan fingerprint density at radius 1 is 1.15 bits per heavy atom. The summed E-state index contributed by atoms with van der Waals surface area (Å²) in [6.45, 7) is 6.83. The average Bonchev–Trinajstić information content (AvgIpc) is 2.10. The van der Waals surface area contributed by atoms with Crippen molar-refractivity contribution in [1.29, 1.82) is 0 Å². The van der Waals surface area contributed by atoms with E-state index in [1.165, 1.54) is 30.8 Å². The second-order valence-corrected chi connectivity index (χ2v) is 5.30. The van der Waals surface area contributed by atoms with Crippen LogP contribution in [0.1, 0.15) is 40.0 Å². The highest BCUT2D eigenvalue weighted by molar-refractivity contribution is 7.99. The topological polar surface area (TPSA) is 12.0 Å². The lowest BCUT2D eigenvalue weighted by Crippen LogP contribution is -2.20. The third kappa shape index (κ3) is 10.2. The van der Waals surface area contributed by atoms with Gasteiger partial charge in [0.15, 0.2) is 0 Å². The molecule has 0 aliphatic carbocycles. The quantitative estimate of drug-likeness (QED) is 0.608. The van der Waals surface area contributed by atoms with Gasteiger partial charge in [-0.15, -0.1) is 0 Å². The average molecular weight is 203 g/mol. The van der Waals surface area contributed by atoms with Gasteiger partial charge in [0, 0.05) is 6.04 Å². The van der Waals surface area contributed by atoms with Gasteiger partial charge in [-0.2, -0.15) is 11.8 Å². The molecule has 0 rings (SSSR count). The van der Waals surface area contributed by atoms with E-state index in [0.717, 1.165) is 5.92 Å². The predicted molar refractivity (Wildman–Crippen MR) is 64.5 cm³/mol. The van der Waals surface area contributed by atoms with Crippen molar-refractivity contribution in [2.45, 2.75) is 46.1 Å². The van der Waals surface area contributed by atoms with Crippen LogP contribution in [0.5, 0.6) is 0 Å². The molecule has 0 fully saturated rings. The van der Waals surface area contributed by atoms with Crippen LogP contribution in [-0.2, 0) is 0 Å². The lowest BCUT2D eigenvalue weighted by Gasteiger charge is -2.09. The van der Waals surface area contributed by atoms with Crippen molar-refractivity contribution in [3.05, 3.63) is 0 Å². The second kappa shape index (κ2) is 8.89. The third-order valence-corrected chi connectivity index (χ3v) is 3.60. The van der Waals surface area contributed by atoms with Crippen LogP contribution in [0.25, 0.3) is 0 Å². The highest BCUT2D eigenvalue weighted by Gasteiger charge is 1.98. The van der Waals surface area contributed by atoms with Crippen LogP contribution in [0.3, 0.4) is 0 Å². The van der Waals surface area contributed by atoms with Gasteiger partial charge in [0.2, 0.25) is 0 Å². The minimum absolute atomic E-state index is 0.690. The fourth-order valence-corrected chi connectivity index (χ4v) is 2.16. The van der Waals surface area contributed by atoms with E-state index in [1.807, 2.05) is 7.05 Å². The molecule has 0 aromatic rings. The van der Waals surface area contributed by atoms with Crippen molar-refractivity contribution in [3.8, 4) is 0 Å². The number of hydrogen-bond donors (Lipinski definition) is 1. The summed E-state index contributed by atoms with van der Waals surface area (Å²) in [6.07, 6.45) is 4.06. The predicted octanol–water partition coefficient (Wildman–Crippen LogP) is 3.15. The first kappa shape index (κ1) is 13.3. The molecule has 80 valence electrons. The van der Waals surface area contributed by atoms with Gasteiger partial charge in [-0.3, -0.25) is 0 Å². The molecule has 0 amide bonds. The fourth-order valence-electron chi connectivity index (χ4n) is 1.12. The molecule has 0 saturated carbocycles. The van der Waals surface area contributed by atoms with Gasteiger partial charge in [0.25, 0.3) is 0 Å². The number of rotatable bonds is 8. The van der Waals surface area contributed by atoms with Crippen LogP contribution in [0, 0.1) is 5.92 Å². The number of unbranched alkanes of at least 4 members (excludes halogenated alkanes) is 1. The molecule has 0 heterocycles. The molecule has 0 aromatic heterocycles. The Balaban J connectivity index is 2.99. The molecular weight excluding hydrogens is 178 g/mol. The molecule has 0 bridgehead atoms. The summed E-state index contributed by atoms with van der Waals surface area (Å²) < 4.78 is 0. The number of hydrogen-bond acceptors (Lipinski definition) is 2. The van der Waals surface area contributed by atoms with Gasteiger partial charge in [0.05, 0.1) is 0 Å². The van der Waals surface area contributed by atoms with Crippen molar-refractivity contribution in [2.75, 3.05) is 18.6 Å². The van der Waals surface area contributed by atoms with Gasteiger partial charge < -0.3 is 5.32 Å². The maximum absolute atomic E-state index is 3.27. The summed E-state index contributed by atoms with van der Waals surface area (Å²) in [5.41, 5.74) is 0. The Labute approximate surface area is 88.1 Å². The Morgan fingerprint density at radius 3 is 2.38 bits per heavy atom. The van der Waals surface area contributed by atoms with E-state index in [2.05, 4.69) is 37.8 Å². The van der Waals surface area contributed by atoms with Gasteiger partial charge in [-0.1, -0.05) is 20.3 Å². The fraction of sp³-hybridized carbons (Fsp3) is 1.00. The van der Waals surface area contributed by atoms with Gasteiger partial charge in [-0.25, -0.2) is 0 Å². The molecule has 2 heteroatoms. The van der Waals surface area contributed by atoms with Crippen LogP contribution < -0.4 is 5.32 Å². The van der Waals surface area contributed by atoms with E-state index in [-0.39, 0.29) is 0 Å².